The molecule has 0 fully saturated rings. The lowest BCUT2D eigenvalue weighted by molar-refractivity contribution is -0.384. The minimum atomic E-state index is -0.456. The van der Waals surface area contributed by atoms with Gasteiger partial charge in [-0.2, -0.15) is 9.50 Å². The van der Waals surface area contributed by atoms with Crippen LogP contribution in [-0.4, -0.2) is 19.5 Å². The predicted molar refractivity (Wildman–Crippen MR) is 122 cm³/mol. The lowest BCUT2D eigenvalue weighted by atomic mass is 10.1. The quantitative estimate of drug-likeness (QED) is 0.280. The van der Waals surface area contributed by atoms with E-state index in [-0.39, 0.29) is 17.9 Å². The Balaban J connectivity index is 1.35. The van der Waals surface area contributed by atoms with E-state index < -0.39 is 4.92 Å². The molecule has 0 aliphatic carbocycles. The maximum atomic E-state index is 12.7. The molecule has 5 rings (SSSR count). The molecular weight excluding hydrogens is 444 g/mol. The summed E-state index contributed by atoms with van der Waals surface area (Å²) < 4.78 is 13.2. The number of nitro groups is 1. The van der Waals surface area contributed by atoms with Gasteiger partial charge in [0.05, 0.1) is 4.92 Å². The molecule has 0 unspecified atom stereocenters. The number of fused-ring (bicyclic) bond motifs is 1. The smallest absolute Gasteiger partial charge is 0.291 e. The molecule has 0 bridgehead atoms. The van der Waals surface area contributed by atoms with Crippen LogP contribution >= 0.6 is 11.3 Å². The molecule has 2 aromatic carbocycles. The molecule has 0 aliphatic heterocycles. The average molecular weight is 460 g/mol. The molecule has 10 heteroatoms. The second kappa shape index (κ2) is 8.32. The highest BCUT2D eigenvalue weighted by atomic mass is 32.1. The molecule has 0 aliphatic rings. The highest BCUT2D eigenvalue weighted by Crippen LogP contribution is 2.24. The molecule has 9 nitrogen and oxygen atoms in total. The van der Waals surface area contributed by atoms with E-state index in [2.05, 4.69) is 10.1 Å². The molecule has 164 valence electrons. The van der Waals surface area contributed by atoms with Gasteiger partial charge in [-0.05, 0) is 43.3 Å². The summed E-state index contributed by atoms with van der Waals surface area (Å²) in [6, 6.07) is 17.2. The van der Waals surface area contributed by atoms with E-state index in [1.54, 1.807) is 30.3 Å². The van der Waals surface area contributed by atoms with E-state index in [1.807, 2.05) is 31.2 Å². The topological polar surface area (TPSA) is 113 Å². The van der Waals surface area contributed by atoms with Crippen molar-refractivity contribution in [2.24, 2.45) is 0 Å². The Bertz CT molecular complexity index is 1570. The highest BCUT2D eigenvalue weighted by Gasteiger charge is 2.12. The number of aryl methyl sites for hydroxylation is 1. The number of ether oxygens (including phenoxy) is 1. The Morgan fingerprint density at radius 2 is 1.88 bits per heavy atom. The molecule has 5 aromatic rings. The van der Waals surface area contributed by atoms with E-state index in [1.165, 1.54) is 28.0 Å². The van der Waals surface area contributed by atoms with Gasteiger partial charge in [0.25, 0.3) is 11.2 Å². The van der Waals surface area contributed by atoms with Crippen molar-refractivity contribution >= 4 is 28.1 Å². The summed E-state index contributed by atoms with van der Waals surface area (Å²) in [6.45, 7) is 2.16. The van der Waals surface area contributed by atoms with Crippen molar-refractivity contribution in [3.63, 3.8) is 0 Å². The lowest BCUT2D eigenvalue weighted by Gasteiger charge is -2.03. The van der Waals surface area contributed by atoms with Crippen LogP contribution in [0.5, 0.6) is 5.75 Å². The maximum absolute atomic E-state index is 12.7. The fraction of sp³-hybridized carbons (Fsp3) is 0.0870. The van der Waals surface area contributed by atoms with Crippen LogP contribution in [0.1, 0.15) is 17.1 Å². The van der Waals surface area contributed by atoms with Gasteiger partial charge in [-0.15, -0.1) is 5.10 Å². The minimum Gasteiger partial charge on any atom is -0.486 e. The van der Waals surface area contributed by atoms with Crippen molar-refractivity contribution in [3.05, 3.63) is 103 Å². The van der Waals surface area contributed by atoms with Gasteiger partial charge in [0, 0.05) is 23.8 Å². The molecule has 0 radical (unpaired) electrons. The molecule has 0 saturated carbocycles. The zero-order valence-electron chi connectivity index (χ0n) is 17.3. The zero-order chi connectivity index (χ0) is 22.9. The summed E-state index contributed by atoms with van der Waals surface area (Å²) >= 11 is 1.20. The van der Waals surface area contributed by atoms with Crippen molar-refractivity contribution in [1.82, 2.24) is 14.6 Å². The highest BCUT2D eigenvalue weighted by molar-refractivity contribution is 7.15. The summed E-state index contributed by atoms with van der Waals surface area (Å²) in [5, 5.41) is 15.1. The molecule has 0 spiro atoms. The number of furan rings is 1. The lowest BCUT2D eigenvalue weighted by Crippen LogP contribution is -2.23. The van der Waals surface area contributed by atoms with E-state index >= 15 is 0 Å². The fourth-order valence-electron chi connectivity index (χ4n) is 3.18. The average Bonchev–Trinajstić information content (AvgIpc) is 3.51. The van der Waals surface area contributed by atoms with Gasteiger partial charge in [0.15, 0.2) is 5.82 Å². The normalized spacial score (nSPS) is 11.8. The number of nitro benzene ring substituents is 1. The van der Waals surface area contributed by atoms with E-state index in [9.17, 15) is 14.9 Å². The third-order valence-electron chi connectivity index (χ3n) is 4.88. The van der Waals surface area contributed by atoms with E-state index in [0.29, 0.717) is 38.2 Å². The van der Waals surface area contributed by atoms with Gasteiger partial charge >= 0.3 is 0 Å². The standard InChI is InChI=1S/C23H16N4O5S/c1-14-2-8-17(9-3-14)31-13-21-24-23-26(25-21)22(28)20(33-23)12-18-10-11-19(32-18)15-4-6-16(7-5-15)27(29)30/h2-12H,13H2,1H3. The van der Waals surface area contributed by atoms with Crippen molar-refractivity contribution in [1.29, 1.82) is 0 Å². The van der Waals surface area contributed by atoms with Crippen LogP contribution in [0.2, 0.25) is 0 Å². The SMILES string of the molecule is Cc1ccc(OCc2nc3sc(=Cc4ccc(-c5ccc([N+](=O)[O-])cc5)o4)c(=O)n3n2)cc1. The Morgan fingerprint density at radius 3 is 2.58 bits per heavy atom. The van der Waals surface area contributed by atoms with Gasteiger partial charge < -0.3 is 9.15 Å². The molecule has 0 atom stereocenters. The number of hydrogen-bond acceptors (Lipinski definition) is 8. The largest absolute Gasteiger partial charge is 0.486 e. The van der Waals surface area contributed by atoms with Crippen molar-refractivity contribution in [2.45, 2.75) is 13.5 Å². The second-order valence-electron chi connectivity index (χ2n) is 7.25. The van der Waals surface area contributed by atoms with Gasteiger partial charge in [-0.1, -0.05) is 29.0 Å². The summed E-state index contributed by atoms with van der Waals surface area (Å²) in [4.78, 5) is 27.9. The number of rotatable bonds is 6. The molecule has 33 heavy (non-hydrogen) atoms. The minimum absolute atomic E-state index is 0.00570. The van der Waals surface area contributed by atoms with Crippen LogP contribution in [0.4, 0.5) is 5.69 Å². The Hall–Kier alpha value is -4.31. The second-order valence-corrected chi connectivity index (χ2v) is 8.26. The van der Waals surface area contributed by atoms with Gasteiger partial charge in [0.1, 0.15) is 28.4 Å². The van der Waals surface area contributed by atoms with E-state index in [0.717, 1.165) is 5.56 Å². The molecular formula is C23H16N4O5S. The molecule has 3 aromatic heterocycles. The van der Waals surface area contributed by atoms with Crippen molar-refractivity contribution in [3.8, 4) is 17.1 Å². The Morgan fingerprint density at radius 1 is 1.12 bits per heavy atom. The first kappa shape index (κ1) is 20.6. The first-order chi connectivity index (χ1) is 16.0. The Labute approximate surface area is 190 Å². The van der Waals surface area contributed by atoms with Crippen LogP contribution in [0.3, 0.4) is 0 Å². The number of thiazole rings is 1. The Kier molecular flexibility index (Phi) is 5.19. The number of nitrogens with zero attached hydrogens (tertiary/aromatic N) is 4. The van der Waals surface area contributed by atoms with Crippen LogP contribution in [0.15, 0.2) is 69.9 Å². The zero-order valence-corrected chi connectivity index (χ0v) is 18.1. The number of aromatic nitrogens is 3. The first-order valence-corrected chi connectivity index (χ1v) is 10.7. The van der Waals surface area contributed by atoms with Gasteiger partial charge in [-0.25, -0.2) is 0 Å². The molecule has 0 N–H and O–H groups in total. The summed E-state index contributed by atoms with van der Waals surface area (Å²) in [5.74, 6) is 2.15. The van der Waals surface area contributed by atoms with Crippen molar-refractivity contribution < 1.29 is 14.1 Å². The molecule has 0 amide bonds. The summed E-state index contributed by atoms with van der Waals surface area (Å²) in [7, 11) is 0. The number of benzene rings is 2. The number of hydrogen-bond donors (Lipinski definition) is 0. The van der Waals surface area contributed by atoms with Crippen molar-refractivity contribution in [2.75, 3.05) is 0 Å². The first-order valence-electron chi connectivity index (χ1n) is 9.90. The predicted octanol–water partition coefficient (Wildman–Crippen LogP) is 3.75. The summed E-state index contributed by atoms with van der Waals surface area (Å²) in [5.41, 5.74) is 1.55. The third-order valence-corrected chi connectivity index (χ3v) is 5.84. The monoisotopic (exact) mass is 460 g/mol. The molecule has 0 saturated heterocycles. The van der Waals surface area contributed by atoms with E-state index in [4.69, 9.17) is 9.15 Å². The van der Waals surface area contributed by atoms with Crippen LogP contribution in [0.25, 0.3) is 22.4 Å². The molecule has 3 heterocycles. The maximum Gasteiger partial charge on any atom is 0.291 e. The van der Waals surface area contributed by atoms with Gasteiger partial charge in [0.2, 0.25) is 4.96 Å². The summed E-state index contributed by atoms with van der Waals surface area (Å²) in [6.07, 6.45) is 1.63. The van der Waals surface area contributed by atoms with Crippen LogP contribution in [0, 0.1) is 17.0 Å². The van der Waals surface area contributed by atoms with Crippen LogP contribution < -0.4 is 14.8 Å². The van der Waals surface area contributed by atoms with Gasteiger partial charge in [-0.3, -0.25) is 14.9 Å². The fourth-order valence-corrected chi connectivity index (χ4v) is 4.09. The number of non-ortho nitro benzene ring substituents is 1. The third kappa shape index (κ3) is 4.23. The van der Waals surface area contributed by atoms with Crippen LogP contribution in [-0.2, 0) is 6.61 Å².